The lowest BCUT2D eigenvalue weighted by Crippen LogP contribution is -2.38. The number of benzene rings is 1. The van der Waals surface area contributed by atoms with Crippen LogP contribution in [0.2, 0.25) is 0 Å². The van der Waals surface area contributed by atoms with E-state index in [1.165, 1.54) is 18.2 Å². The largest absolute Gasteiger partial charge is 0.504 e. The predicted molar refractivity (Wildman–Crippen MR) is 69.1 cm³/mol. The summed E-state index contributed by atoms with van der Waals surface area (Å²) in [7, 11) is 0. The maximum Gasteiger partial charge on any atom is 0.253 e. The Balaban J connectivity index is 2.05. The highest BCUT2D eigenvalue weighted by molar-refractivity contribution is 6.18. The fourth-order valence-electron chi connectivity index (χ4n) is 2.13. The van der Waals surface area contributed by atoms with E-state index in [4.69, 9.17) is 11.6 Å². The van der Waals surface area contributed by atoms with Gasteiger partial charge in [-0.15, -0.1) is 11.6 Å². The van der Waals surface area contributed by atoms with Crippen molar-refractivity contribution < 1.29 is 15.0 Å². The normalized spacial score (nSPS) is 16.8. The van der Waals surface area contributed by atoms with Crippen molar-refractivity contribution in [3.05, 3.63) is 23.8 Å². The summed E-state index contributed by atoms with van der Waals surface area (Å²) in [6, 6.07) is 4.14. The Morgan fingerprint density at radius 2 is 1.94 bits per heavy atom. The number of nitrogens with zero attached hydrogens (tertiary/aromatic N) is 1. The number of phenols is 2. The molecule has 4 nitrogen and oxygen atoms in total. The number of hydrogen-bond donors (Lipinski definition) is 2. The van der Waals surface area contributed by atoms with Crippen LogP contribution in [-0.2, 0) is 0 Å². The molecule has 0 saturated carbocycles. The van der Waals surface area contributed by atoms with Crippen LogP contribution >= 0.6 is 11.6 Å². The van der Waals surface area contributed by atoms with Gasteiger partial charge in [0.25, 0.3) is 5.91 Å². The second-order valence-electron chi connectivity index (χ2n) is 4.59. The first kappa shape index (κ1) is 13.0. The van der Waals surface area contributed by atoms with Gasteiger partial charge in [0.2, 0.25) is 0 Å². The molecular weight excluding hydrogens is 254 g/mol. The van der Waals surface area contributed by atoms with Crippen LogP contribution in [0, 0.1) is 5.92 Å². The Morgan fingerprint density at radius 1 is 1.28 bits per heavy atom. The van der Waals surface area contributed by atoms with E-state index in [1.807, 2.05) is 0 Å². The molecule has 0 aliphatic carbocycles. The van der Waals surface area contributed by atoms with Gasteiger partial charge in [0.05, 0.1) is 0 Å². The summed E-state index contributed by atoms with van der Waals surface area (Å²) >= 11 is 5.80. The molecule has 5 heteroatoms. The van der Waals surface area contributed by atoms with Crippen molar-refractivity contribution in [2.75, 3.05) is 19.0 Å². The minimum atomic E-state index is -0.267. The summed E-state index contributed by atoms with van der Waals surface area (Å²) in [4.78, 5) is 13.9. The van der Waals surface area contributed by atoms with Crippen LogP contribution in [0.1, 0.15) is 23.2 Å². The van der Waals surface area contributed by atoms with Crippen LogP contribution < -0.4 is 0 Å². The first-order valence-electron chi connectivity index (χ1n) is 5.99. The molecule has 1 aliphatic heterocycles. The number of amides is 1. The monoisotopic (exact) mass is 269 g/mol. The molecule has 98 valence electrons. The number of aromatic hydroxyl groups is 2. The number of hydrogen-bond acceptors (Lipinski definition) is 3. The van der Waals surface area contributed by atoms with Crippen molar-refractivity contribution in [3.63, 3.8) is 0 Å². The van der Waals surface area contributed by atoms with E-state index in [9.17, 15) is 15.0 Å². The molecule has 0 unspecified atom stereocenters. The molecule has 1 heterocycles. The molecule has 1 saturated heterocycles. The van der Waals surface area contributed by atoms with E-state index in [0.717, 1.165) is 12.8 Å². The van der Waals surface area contributed by atoms with Crippen molar-refractivity contribution in [1.82, 2.24) is 4.90 Å². The van der Waals surface area contributed by atoms with Gasteiger partial charge in [-0.2, -0.15) is 0 Å². The van der Waals surface area contributed by atoms with Gasteiger partial charge < -0.3 is 15.1 Å². The van der Waals surface area contributed by atoms with Gasteiger partial charge in [-0.1, -0.05) is 0 Å². The fourth-order valence-corrected chi connectivity index (χ4v) is 2.44. The second-order valence-corrected chi connectivity index (χ2v) is 4.90. The molecule has 1 fully saturated rings. The van der Waals surface area contributed by atoms with Crippen molar-refractivity contribution in [2.45, 2.75) is 12.8 Å². The quantitative estimate of drug-likeness (QED) is 0.639. The predicted octanol–water partition coefficient (Wildman–Crippen LogP) is 2.19. The minimum Gasteiger partial charge on any atom is -0.504 e. The maximum atomic E-state index is 12.2. The van der Waals surface area contributed by atoms with Crippen LogP contribution in [0.4, 0.5) is 0 Å². The average molecular weight is 270 g/mol. The van der Waals surface area contributed by atoms with E-state index in [2.05, 4.69) is 0 Å². The van der Waals surface area contributed by atoms with Gasteiger partial charge in [0.1, 0.15) is 0 Å². The Labute approximate surface area is 111 Å². The summed E-state index contributed by atoms with van der Waals surface area (Å²) in [5.74, 6) is 0.535. The van der Waals surface area contributed by atoms with Gasteiger partial charge in [0.15, 0.2) is 11.5 Å². The van der Waals surface area contributed by atoms with Gasteiger partial charge in [0, 0.05) is 24.5 Å². The molecule has 0 bridgehead atoms. The summed E-state index contributed by atoms with van der Waals surface area (Å²) in [6.07, 6.45) is 1.83. The molecule has 2 rings (SSSR count). The number of halogens is 1. The molecule has 1 aliphatic rings. The highest BCUT2D eigenvalue weighted by Gasteiger charge is 2.23. The Morgan fingerprint density at radius 3 is 2.50 bits per heavy atom. The number of carbonyl (C=O) groups excluding carboxylic acids is 1. The van der Waals surface area contributed by atoms with Crippen molar-refractivity contribution in [3.8, 4) is 11.5 Å². The van der Waals surface area contributed by atoms with E-state index in [1.54, 1.807) is 4.90 Å². The molecule has 0 aromatic heterocycles. The molecule has 1 aromatic rings. The second kappa shape index (κ2) is 5.48. The van der Waals surface area contributed by atoms with Crippen LogP contribution in [0.3, 0.4) is 0 Å². The summed E-state index contributed by atoms with van der Waals surface area (Å²) < 4.78 is 0. The van der Waals surface area contributed by atoms with Crippen LogP contribution in [0.5, 0.6) is 11.5 Å². The molecule has 1 amide bonds. The van der Waals surface area contributed by atoms with Gasteiger partial charge in [-0.25, -0.2) is 0 Å². The first-order chi connectivity index (χ1) is 8.61. The van der Waals surface area contributed by atoms with E-state index in [-0.39, 0.29) is 17.4 Å². The zero-order valence-corrected chi connectivity index (χ0v) is 10.7. The summed E-state index contributed by atoms with van der Waals surface area (Å²) in [5.41, 5.74) is 0.398. The van der Waals surface area contributed by atoms with Crippen molar-refractivity contribution in [2.24, 2.45) is 5.92 Å². The van der Waals surface area contributed by atoms with Gasteiger partial charge in [-0.05, 0) is 37.0 Å². The third-order valence-electron chi connectivity index (χ3n) is 3.34. The standard InChI is InChI=1S/C13H16ClNO3/c14-8-9-3-5-15(6-4-9)13(18)10-1-2-11(16)12(17)7-10/h1-2,7,9,16-17H,3-6,8H2. The number of rotatable bonds is 2. The topological polar surface area (TPSA) is 60.8 Å². The van der Waals surface area contributed by atoms with E-state index in [0.29, 0.717) is 30.5 Å². The molecule has 0 spiro atoms. The lowest BCUT2D eigenvalue weighted by atomic mass is 9.98. The summed E-state index contributed by atoms with van der Waals surface area (Å²) in [5, 5.41) is 18.6. The zero-order chi connectivity index (χ0) is 13.1. The number of alkyl halides is 1. The van der Waals surface area contributed by atoms with Crippen LogP contribution in [0.15, 0.2) is 18.2 Å². The molecule has 1 aromatic carbocycles. The van der Waals surface area contributed by atoms with E-state index < -0.39 is 0 Å². The number of phenolic OH excluding ortho intramolecular Hbond substituents is 2. The van der Waals surface area contributed by atoms with E-state index >= 15 is 0 Å². The smallest absolute Gasteiger partial charge is 0.253 e. The Bertz CT molecular complexity index is 442. The van der Waals surface area contributed by atoms with Gasteiger partial charge >= 0.3 is 0 Å². The number of piperidine rings is 1. The lowest BCUT2D eigenvalue weighted by Gasteiger charge is -2.31. The SMILES string of the molecule is O=C(c1ccc(O)c(O)c1)N1CCC(CCl)CC1. The average Bonchev–Trinajstić information content (AvgIpc) is 2.41. The third-order valence-corrected chi connectivity index (χ3v) is 3.78. The molecule has 0 radical (unpaired) electrons. The van der Waals surface area contributed by atoms with Crippen molar-refractivity contribution in [1.29, 1.82) is 0 Å². The number of likely N-dealkylation sites (tertiary alicyclic amines) is 1. The lowest BCUT2D eigenvalue weighted by molar-refractivity contribution is 0.0698. The van der Waals surface area contributed by atoms with Crippen LogP contribution in [0.25, 0.3) is 0 Å². The maximum absolute atomic E-state index is 12.2. The Kier molecular flexibility index (Phi) is 3.97. The molecule has 2 N–H and O–H groups in total. The highest BCUT2D eigenvalue weighted by Crippen LogP contribution is 2.26. The fraction of sp³-hybridized carbons (Fsp3) is 0.462. The minimum absolute atomic E-state index is 0.113. The summed E-state index contributed by atoms with van der Waals surface area (Å²) in [6.45, 7) is 1.38. The van der Waals surface area contributed by atoms with Gasteiger partial charge in [-0.3, -0.25) is 4.79 Å². The Hall–Kier alpha value is -1.42. The van der Waals surface area contributed by atoms with Crippen molar-refractivity contribution >= 4 is 17.5 Å². The first-order valence-corrected chi connectivity index (χ1v) is 6.52. The highest BCUT2D eigenvalue weighted by atomic mass is 35.5. The van der Waals surface area contributed by atoms with Crippen LogP contribution in [-0.4, -0.2) is 40.0 Å². The molecule has 0 atom stereocenters. The third kappa shape index (κ3) is 2.70. The number of carbonyl (C=O) groups is 1. The zero-order valence-electron chi connectivity index (χ0n) is 9.97. The molecular formula is C13H16ClNO3. The molecule has 18 heavy (non-hydrogen) atoms.